The third kappa shape index (κ3) is 7.87. The molecule has 0 bridgehead atoms. The Labute approximate surface area is 252 Å². The summed E-state index contributed by atoms with van der Waals surface area (Å²) < 4.78 is 25.4. The van der Waals surface area contributed by atoms with Crippen molar-refractivity contribution in [3.63, 3.8) is 0 Å². The monoisotopic (exact) mass is 603 g/mol. The van der Waals surface area contributed by atoms with Crippen LogP contribution in [0.1, 0.15) is 89.3 Å². The number of amides is 1. The smallest absolute Gasteiger partial charge is 0.311 e. The Morgan fingerprint density at radius 2 is 1.30 bits per heavy atom. The fourth-order valence-corrected chi connectivity index (χ4v) is 3.73. The number of hydrogen-bond acceptors (Lipinski definition) is 11. The number of esters is 3. The number of aromatic nitrogens is 4. The lowest BCUT2D eigenvalue weighted by atomic mass is 9.96. The van der Waals surface area contributed by atoms with Gasteiger partial charge >= 0.3 is 17.9 Å². The standard InChI is InChI=1S/C30H45N5O8/c1-27(2,3)23(36)34-20-17-21(32-14-31-20)35(15-33-17)22-19(43-26(39)30(10,11)12)18(42-25(38)29(7,8)9)16(41-22)13-40-24(37)28(4,5)6/h14-16,18-19,22H,13H2,1-12H3,(H,31,32,34,36)/t16-,18-,19-,22-/m1/s1. The minimum absolute atomic E-state index is 0.191. The second-order valence-corrected chi connectivity index (χ2v) is 14.9. The van der Waals surface area contributed by atoms with Crippen LogP contribution < -0.4 is 5.32 Å². The van der Waals surface area contributed by atoms with Crippen molar-refractivity contribution in [3.8, 4) is 0 Å². The summed E-state index contributed by atoms with van der Waals surface area (Å²) in [5.41, 5.74) is -2.73. The third-order valence-corrected chi connectivity index (χ3v) is 6.53. The number of hydrogen-bond donors (Lipinski definition) is 1. The van der Waals surface area contributed by atoms with Crippen LogP contribution in [0.5, 0.6) is 0 Å². The third-order valence-electron chi connectivity index (χ3n) is 6.53. The zero-order valence-corrected chi connectivity index (χ0v) is 27.2. The molecule has 1 amide bonds. The highest BCUT2D eigenvalue weighted by atomic mass is 16.7. The molecule has 13 nitrogen and oxygen atoms in total. The van der Waals surface area contributed by atoms with Crippen LogP contribution in [0.15, 0.2) is 12.7 Å². The lowest BCUT2D eigenvalue weighted by Gasteiger charge is -2.29. The van der Waals surface area contributed by atoms with Crippen LogP contribution in [0.4, 0.5) is 5.82 Å². The van der Waals surface area contributed by atoms with Crippen molar-refractivity contribution in [2.45, 2.75) is 108 Å². The Bertz CT molecular complexity index is 1370. The number of nitrogens with one attached hydrogen (secondary N) is 1. The van der Waals surface area contributed by atoms with E-state index in [1.54, 1.807) is 83.1 Å². The van der Waals surface area contributed by atoms with Gasteiger partial charge in [-0.15, -0.1) is 0 Å². The molecule has 2 aromatic rings. The molecule has 0 spiro atoms. The topological polar surface area (TPSA) is 161 Å². The molecule has 238 valence electrons. The number of carbonyl (C=O) groups excluding carboxylic acids is 4. The maximum absolute atomic E-state index is 13.2. The molecular formula is C30H45N5O8. The first-order valence-corrected chi connectivity index (χ1v) is 14.3. The summed E-state index contributed by atoms with van der Waals surface area (Å²) in [6, 6.07) is 0. The van der Waals surface area contributed by atoms with Crippen molar-refractivity contribution < 1.29 is 38.1 Å². The number of imidazole rings is 1. The first-order chi connectivity index (χ1) is 19.5. The number of rotatable bonds is 6. The van der Waals surface area contributed by atoms with E-state index in [-0.39, 0.29) is 29.5 Å². The lowest BCUT2D eigenvalue weighted by molar-refractivity contribution is -0.179. The predicted molar refractivity (Wildman–Crippen MR) is 156 cm³/mol. The molecule has 43 heavy (non-hydrogen) atoms. The van der Waals surface area contributed by atoms with Gasteiger partial charge in [0, 0.05) is 5.41 Å². The first-order valence-electron chi connectivity index (χ1n) is 14.3. The molecule has 1 aliphatic heterocycles. The van der Waals surface area contributed by atoms with E-state index in [1.165, 1.54) is 17.2 Å². The van der Waals surface area contributed by atoms with E-state index in [0.717, 1.165) is 0 Å². The van der Waals surface area contributed by atoms with E-state index >= 15 is 0 Å². The molecular weight excluding hydrogens is 558 g/mol. The van der Waals surface area contributed by atoms with Crippen molar-refractivity contribution in [2.75, 3.05) is 11.9 Å². The summed E-state index contributed by atoms with van der Waals surface area (Å²) in [6.07, 6.45) is -1.72. The maximum Gasteiger partial charge on any atom is 0.311 e. The molecule has 2 aromatic heterocycles. The summed E-state index contributed by atoms with van der Waals surface area (Å²) in [5, 5.41) is 2.78. The molecule has 4 atom stereocenters. The van der Waals surface area contributed by atoms with Gasteiger partial charge < -0.3 is 24.3 Å². The van der Waals surface area contributed by atoms with Crippen LogP contribution in [0.25, 0.3) is 11.2 Å². The van der Waals surface area contributed by atoms with Crippen LogP contribution in [-0.2, 0) is 38.1 Å². The molecule has 13 heteroatoms. The summed E-state index contributed by atoms with van der Waals surface area (Å²) in [6.45, 7) is 20.4. The van der Waals surface area contributed by atoms with E-state index in [0.29, 0.717) is 0 Å². The molecule has 0 saturated carbocycles. The van der Waals surface area contributed by atoms with Gasteiger partial charge in [0.25, 0.3) is 0 Å². The van der Waals surface area contributed by atoms with Gasteiger partial charge in [0.1, 0.15) is 19.0 Å². The van der Waals surface area contributed by atoms with Gasteiger partial charge in [0.05, 0.1) is 22.6 Å². The van der Waals surface area contributed by atoms with Crippen molar-refractivity contribution in [2.24, 2.45) is 21.7 Å². The molecule has 1 N–H and O–H groups in total. The number of fused-ring (bicyclic) bond motifs is 1. The summed E-state index contributed by atoms with van der Waals surface area (Å²) in [4.78, 5) is 64.6. The zero-order chi connectivity index (χ0) is 32.7. The van der Waals surface area contributed by atoms with Crippen LogP contribution in [0.2, 0.25) is 0 Å². The Balaban J connectivity index is 2.10. The minimum atomic E-state index is -1.17. The Morgan fingerprint density at radius 1 is 0.767 bits per heavy atom. The molecule has 3 rings (SSSR count). The van der Waals surface area contributed by atoms with Crippen molar-refractivity contribution >= 4 is 40.8 Å². The largest absolute Gasteiger partial charge is 0.462 e. The van der Waals surface area contributed by atoms with Gasteiger partial charge in [0.2, 0.25) is 5.91 Å². The average molecular weight is 604 g/mol. The minimum Gasteiger partial charge on any atom is -0.462 e. The number of anilines is 1. The number of nitrogens with zero attached hydrogens (tertiary/aromatic N) is 4. The first kappa shape index (κ1) is 33.9. The van der Waals surface area contributed by atoms with E-state index < -0.39 is 64.1 Å². The van der Waals surface area contributed by atoms with E-state index in [2.05, 4.69) is 20.3 Å². The van der Waals surface area contributed by atoms with Gasteiger partial charge in [-0.05, 0) is 62.3 Å². The Hall–Kier alpha value is -3.61. The van der Waals surface area contributed by atoms with Gasteiger partial charge in [0.15, 0.2) is 35.4 Å². The van der Waals surface area contributed by atoms with Gasteiger partial charge in [-0.1, -0.05) is 20.8 Å². The number of carbonyl (C=O) groups is 4. The average Bonchev–Trinajstić information content (AvgIpc) is 3.42. The zero-order valence-electron chi connectivity index (χ0n) is 27.2. The number of ether oxygens (including phenoxy) is 4. The molecule has 3 heterocycles. The molecule has 0 unspecified atom stereocenters. The van der Waals surface area contributed by atoms with Crippen LogP contribution in [-0.4, -0.2) is 68.3 Å². The summed E-state index contributed by atoms with van der Waals surface area (Å²) in [7, 11) is 0. The van der Waals surface area contributed by atoms with Crippen LogP contribution in [0.3, 0.4) is 0 Å². The molecule has 1 aliphatic rings. The molecule has 1 fully saturated rings. The van der Waals surface area contributed by atoms with Crippen molar-refractivity contribution in [1.29, 1.82) is 0 Å². The fourth-order valence-electron chi connectivity index (χ4n) is 3.73. The van der Waals surface area contributed by atoms with E-state index in [9.17, 15) is 19.2 Å². The van der Waals surface area contributed by atoms with Gasteiger partial charge in [-0.2, -0.15) is 0 Å². The highest BCUT2D eigenvalue weighted by molar-refractivity contribution is 5.99. The maximum atomic E-state index is 13.2. The fraction of sp³-hybridized carbons (Fsp3) is 0.700. The van der Waals surface area contributed by atoms with Gasteiger partial charge in [-0.3, -0.25) is 23.7 Å². The van der Waals surface area contributed by atoms with Crippen molar-refractivity contribution in [3.05, 3.63) is 12.7 Å². The van der Waals surface area contributed by atoms with E-state index in [1.807, 2.05) is 0 Å². The highest BCUT2D eigenvalue weighted by Crippen LogP contribution is 2.38. The normalized spacial score (nSPS) is 21.4. The van der Waals surface area contributed by atoms with Gasteiger partial charge in [-0.25, -0.2) is 15.0 Å². The Kier molecular flexibility index (Phi) is 9.31. The second kappa shape index (κ2) is 11.8. The molecule has 0 radical (unpaired) electrons. The quantitative estimate of drug-likeness (QED) is 0.372. The SMILES string of the molecule is CC(C)(C)C(=O)Nc1ncnc2c1ncn2[C@@H]1O[C@H](COC(=O)C(C)(C)C)[C@@H](OC(=O)C(C)(C)C)[C@H]1OC(=O)C(C)(C)C. The second-order valence-electron chi connectivity index (χ2n) is 14.9. The highest BCUT2D eigenvalue weighted by Gasteiger charge is 2.53. The van der Waals surface area contributed by atoms with Crippen LogP contribution in [0, 0.1) is 21.7 Å². The van der Waals surface area contributed by atoms with E-state index in [4.69, 9.17) is 18.9 Å². The predicted octanol–water partition coefficient (Wildman–Crippen LogP) is 4.21. The summed E-state index contributed by atoms with van der Waals surface area (Å²) >= 11 is 0. The van der Waals surface area contributed by atoms with Crippen molar-refractivity contribution in [1.82, 2.24) is 19.5 Å². The lowest BCUT2D eigenvalue weighted by Crippen LogP contribution is -2.44. The van der Waals surface area contributed by atoms with Crippen LogP contribution >= 0.6 is 0 Å². The molecule has 0 aromatic carbocycles. The molecule has 1 saturated heterocycles. The summed E-state index contributed by atoms with van der Waals surface area (Å²) in [5.74, 6) is -1.69. The Morgan fingerprint density at radius 3 is 1.81 bits per heavy atom. The molecule has 0 aliphatic carbocycles.